The maximum Gasteiger partial charge on any atom is 0.164 e. The van der Waals surface area contributed by atoms with E-state index in [1.54, 1.807) is 0 Å². The number of nitrogens with zero attached hydrogens (tertiary/aromatic N) is 4. The summed E-state index contributed by atoms with van der Waals surface area (Å²) in [4.78, 5) is 20.6. The lowest BCUT2D eigenvalue weighted by Crippen LogP contribution is -2.34. The van der Waals surface area contributed by atoms with E-state index in [0.717, 1.165) is 45.2 Å². The van der Waals surface area contributed by atoms with Crippen molar-refractivity contribution < 1.29 is 0 Å². The Kier molecular flexibility index (Phi) is 7.00. The zero-order chi connectivity index (χ0) is 34.8. The molecule has 0 saturated carbocycles. The van der Waals surface area contributed by atoms with Crippen LogP contribution in [0.2, 0.25) is 0 Å². The Morgan fingerprint density at radius 2 is 1.40 bits per heavy atom. The second-order valence-corrected chi connectivity index (χ2v) is 14.6. The lowest BCUT2D eigenvalue weighted by Gasteiger charge is -2.41. The van der Waals surface area contributed by atoms with E-state index in [-0.39, 0.29) is 11.3 Å². The predicted octanol–water partition coefficient (Wildman–Crippen LogP) is 11.3. The number of aromatic nitrogens is 4. The fourth-order valence-corrected chi connectivity index (χ4v) is 8.46. The Bertz CT molecular complexity index is 2700. The van der Waals surface area contributed by atoms with E-state index < -0.39 is 0 Å². The molecule has 2 heterocycles. The van der Waals surface area contributed by atoms with Gasteiger partial charge in [-0.25, -0.2) is 15.0 Å². The van der Waals surface area contributed by atoms with Crippen molar-refractivity contribution in [3.63, 3.8) is 0 Å². The molecule has 52 heavy (non-hydrogen) atoms. The van der Waals surface area contributed by atoms with Crippen molar-refractivity contribution in [2.24, 2.45) is 11.8 Å². The molecule has 0 radical (unpaired) electrons. The van der Waals surface area contributed by atoms with E-state index in [2.05, 4.69) is 153 Å². The smallest absolute Gasteiger partial charge is 0.164 e. The molecule has 4 nitrogen and oxygen atoms in total. The van der Waals surface area contributed by atoms with Crippen LogP contribution in [0.15, 0.2) is 146 Å². The van der Waals surface area contributed by atoms with Gasteiger partial charge < -0.3 is 0 Å². The molecule has 5 aromatic carbocycles. The van der Waals surface area contributed by atoms with Gasteiger partial charge in [0.1, 0.15) is 0 Å². The largest absolute Gasteiger partial charge is 0.256 e. The summed E-state index contributed by atoms with van der Waals surface area (Å²) in [6.45, 7) is 4.62. The van der Waals surface area contributed by atoms with Crippen LogP contribution in [0, 0.1) is 11.8 Å². The maximum atomic E-state index is 5.38. The Morgan fingerprint density at radius 3 is 2.31 bits per heavy atom. The van der Waals surface area contributed by atoms with Gasteiger partial charge in [0.25, 0.3) is 0 Å². The second kappa shape index (κ2) is 11.9. The summed E-state index contributed by atoms with van der Waals surface area (Å²) in [6.07, 6.45) is 18.8. The van der Waals surface area contributed by atoms with Crippen molar-refractivity contribution in [3.05, 3.63) is 174 Å². The van der Waals surface area contributed by atoms with Gasteiger partial charge in [-0.05, 0) is 75.2 Å². The summed E-state index contributed by atoms with van der Waals surface area (Å²) in [5.74, 6) is 2.62. The summed E-state index contributed by atoms with van der Waals surface area (Å²) < 4.78 is 0. The summed E-state index contributed by atoms with van der Waals surface area (Å²) in [7, 11) is 0. The molecule has 3 aliphatic rings. The van der Waals surface area contributed by atoms with Gasteiger partial charge in [-0.3, -0.25) is 4.98 Å². The molecule has 2 aromatic heterocycles. The molecule has 0 amide bonds. The molecule has 3 aliphatic carbocycles. The highest BCUT2D eigenvalue weighted by molar-refractivity contribution is 6.00. The molecule has 0 N–H and O–H groups in total. The van der Waals surface area contributed by atoms with Crippen molar-refractivity contribution >= 4 is 39.4 Å². The average molecular weight is 669 g/mol. The first kappa shape index (κ1) is 30.6. The first-order valence-electron chi connectivity index (χ1n) is 18.1. The first-order valence-corrected chi connectivity index (χ1v) is 18.1. The van der Waals surface area contributed by atoms with E-state index in [0.29, 0.717) is 23.4 Å². The molecule has 0 spiro atoms. The molecule has 3 unspecified atom stereocenters. The molecule has 3 atom stereocenters. The molecular weight excluding hydrogens is 633 g/mol. The molecule has 0 bridgehead atoms. The van der Waals surface area contributed by atoms with E-state index in [1.807, 2.05) is 18.3 Å². The highest BCUT2D eigenvalue weighted by Gasteiger charge is 2.41. The third-order valence-corrected chi connectivity index (χ3v) is 11.2. The number of fused-ring (bicyclic) bond motifs is 7. The highest BCUT2D eigenvalue weighted by atomic mass is 15.0. The van der Waals surface area contributed by atoms with Crippen LogP contribution in [0.25, 0.3) is 73.3 Å². The lowest BCUT2D eigenvalue weighted by atomic mass is 9.62. The average Bonchev–Trinajstić information content (AvgIpc) is 3.20. The molecule has 0 saturated heterocycles. The number of para-hydroxylation sites is 1. The Balaban J connectivity index is 1.17. The van der Waals surface area contributed by atoms with Crippen molar-refractivity contribution in [1.82, 2.24) is 19.9 Å². The number of rotatable bonds is 4. The number of pyridine rings is 1. The first-order chi connectivity index (χ1) is 25.5. The van der Waals surface area contributed by atoms with E-state index >= 15 is 0 Å². The zero-order valence-corrected chi connectivity index (χ0v) is 29.2. The molecular formula is C48H36N4. The SMILES string of the molecule is CC1C=Cc2cc(-c3nc(C4=Cc5ccccc5C5(C)C=CC=CC45)nc(-c4ccc(-c5cnc6ccccc6c5)cc4)n3)c3ccccc3c2C1. The van der Waals surface area contributed by atoms with Gasteiger partial charge >= 0.3 is 0 Å². The van der Waals surface area contributed by atoms with Crippen LogP contribution < -0.4 is 0 Å². The van der Waals surface area contributed by atoms with Crippen LogP contribution in [-0.4, -0.2) is 19.9 Å². The van der Waals surface area contributed by atoms with Crippen molar-refractivity contribution in [3.8, 4) is 33.9 Å². The van der Waals surface area contributed by atoms with Crippen LogP contribution in [0.4, 0.5) is 0 Å². The standard InChI is InChI=1S/C48H36N4/c1-30-18-19-33-27-40(38-14-6-5-13-37(38)39(33)25-30)46-50-45(32-22-20-31(21-23-32)36-26-35-12-4-8-17-44(35)49-29-36)51-47(52-46)41-28-34-11-3-7-15-42(34)48(2)24-10-9-16-43(41)48/h3-24,26-30,43H,25H2,1-2H3. The number of allylic oxidation sites excluding steroid dienone is 6. The van der Waals surface area contributed by atoms with Gasteiger partial charge in [0.2, 0.25) is 0 Å². The molecule has 4 heteroatoms. The minimum Gasteiger partial charge on any atom is -0.256 e. The molecule has 0 fully saturated rings. The summed E-state index contributed by atoms with van der Waals surface area (Å²) in [5.41, 5.74) is 11.2. The molecule has 7 aromatic rings. The molecule has 248 valence electrons. The van der Waals surface area contributed by atoms with Crippen LogP contribution in [0.1, 0.15) is 41.9 Å². The minimum absolute atomic E-state index is 0.0722. The maximum absolute atomic E-state index is 5.38. The Hall–Kier alpha value is -6.26. The molecule has 0 aliphatic heterocycles. The van der Waals surface area contributed by atoms with Crippen molar-refractivity contribution in [2.75, 3.05) is 0 Å². The number of hydrogen-bond acceptors (Lipinski definition) is 4. The van der Waals surface area contributed by atoms with Gasteiger partial charge in [-0.2, -0.15) is 0 Å². The summed E-state index contributed by atoms with van der Waals surface area (Å²) >= 11 is 0. The van der Waals surface area contributed by atoms with Crippen LogP contribution in [0.3, 0.4) is 0 Å². The van der Waals surface area contributed by atoms with Crippen molar-refractivity contribution in [2.45, 2.75) is 25.7 Å². The normalized spacial score (nSPS) is 20.0. The third-order valence-electron chi connectivity index (χ3n) is 11.2. The quantitative estimate of drug-likeness (QED) is 0.187. The van der Waals surface area contributed by atoms with Gasteiger partial charge in [0.15, 0.2) is 17.5 Å². The fourth-order valence-electron chi connectivity index (χ4n) is 8.46. The van der Waals surface area contributed by atoms with Gasteiger partial charge in [0.05, 0.1) is 5.52 Å². The van der Waals surface area contributed by atoms with Crippen LogP contribution in [0.5, 0.6) is 0 Å². The van der Waals surface area contributed by atoms with Gasteiger partial charge in [-0.1, -0.05) is 141 Å². The topological polar surface area (TPSA) is 51.6 Å². The fraction of sp³-hybridized carbons (Fsp3) is 0.125. The number of benzene rings is 5. The second-order valence-electron chi connectivity index (χ2n) is 14.6. The van der Waals surface area contributed by atoms with Crippen LogP contribution >= 0.6 is 0 Å². The van der Waals surface area contributed by atoms with E-state index in [1.165, 1.54) is 33.0 Å². The monoisotopic (exact) mass is 668 g/mol. The summed E-state index contributed by atoms with van der Waals surface area (Å²) in [6, 6.07) is 38.7. The number of hydrogen-bond donors (Lipinski definition) is 0. The van der Waals surface area contributed by atoms with Crippen LogP contribution in [-0.2, 0) is 11.8 Å². The minimum atomic E-state index is -0.224. The van der Waals surface area contributed by atoms with E-state index in [9.17, 15) is 0 Å². The lowest BCUT2D eigenvalue weighted by molar-refractivity contribution is 0.503. The zero-order valence-electron chi connectivity index (χ0n) is 29.2. The van der Waals surface area contributed by atoms with Gasteiger partial charge in [0, 0.05) is 45.2 Å². The molecule has 10 rings (SSSR count). The summed E-state index contributed by atoms with van der Waals surface area (Å²) in [5, 5.41) is 3.56. The Labute approximate surface area is 303 Å². The predicted molar refractivity (Wildman–Crippen MR) is 214 cm³/mol. The third kappa shape index (κ3) is 4.97. The van der Waals surface area contributed by atoms with Gasteiger partial charge in [-0.15, -0.1) is 0 Å². The van der Waals surface area contributed by atoms with Crippen molar-refractivity contribution in [1.29, 1.82) is 0 Å². The Morgan fingerprint density at radius 1 is 0.654 bits per heavy atom. The van der Waals surface area contributed by atoms with E-state index in [4.69, 9.17) is 19.9 Å². The highest BCUT2D eigenvalue weighted by Crippen LogP contribution is 2.49.